The summed E-state index contributed by atoms with van der Waals surface area (Å²) in [4.78, 5) is 0. The first-order chi connectivity index (χ1) is 13.5. The first-order valence-corrected chi connectivity index (χ1v) is 7.90. The Hall–Kier alpha value is -3.45. The highest BCUT2D eigenvalue weighted by Crippen LogP contribution is 2.33. The van der Waals surface area contributed by atoms with Crippen LogP contribution in [0.15, 0.2) is 48.2 Å². The van der Waals surface area contributed by atoms with Crippen LogP contribution in [0.2, 0.25) is 0 Å². The lowest BCUT2D eigenvalue weighted by Gasteiger charge is -2.12. The van der Waals surface area contributed by atoms with Gasteiger partial charge in [-0.25, -0.2) is 5.84 Å². The molecule has 2 rings (SSSR count). The van der Waals surface area contributed by atoms with E-state index in [9.17, 15) is 26.3 Å². The third-order valence-electron chi connectivity index (χ3n) is 3.80. The van der Waals surface area contributed by atoms with Crippen molar-refractivity contribution in [1.82, 2.24) is 5.43 Å². The molecule has 0 saturated heterocycles. The number of alkyl halides is 6. The summed E-state index contributed by atoms with van der Waals surface area (Å²) in [5.74, 6) is 5.13. The van der Waals surface area contributed by atoms with Crippen LogP contribution in [0.5, 0.6) is 0 Å². The lowest BCUT2D eigenvalue weighted by Crippen LogP contribution is -2.23. The molecular formula is C19H14F6N4. The van der Waals surface area contributed by atoms with E-state index in [1.165, 1.54) is 30.4 Å². The minimum absolute atomic E-state index is 0.0181. The zero-order chi connectivity index (χ0) is 21.8. The van der Waals surface area contributed by atoms with Crippen molar-refractivity contribution in [2.45, 2.75) is 12.4 Å². The van der Waals surface area contributed by atoms with Gasteiger partial charge in [-0.1, -0.05) is 24.3 Å². The van der Waals surface area contributed by atoms with Crippen molar-refractivity contribution < 1.29 is 26.3 Å². The largest absolute Gasteiger partial charge is 0.416 e. The summed E-state index contributed by atoms with van der Waals surface area (Å²) >= 11 is 0. The fourth-order valence-electron chi connectivity index (χ4n) is 2.39. The molecule has 0 radical (unpaired) electrons. The number of nitrogens with zero attached hydrogens (tertiary/aromatic N) is 1. The predicted molar refractivity (Wildman–Crippen MR) is 95.9 cm³/mol. The number of nitrogens with one attached hydrogen (secondary N) is 1. The van der Waals surface area contributed by atoms with Gasteiger partial charge >= 0.3 is 12.4 Å². The minimum atomic E-state index is -4.71. The molecule has 0 bridgehead atoms. The first kappa shape index (κ1) is 21.8. The maximum Gasteiger partial charge on any atom is 0.416 e. The molecule has 0 aliphatic rings. The summed E-state index contributed by atoms with van der Waals surface area (Å²) in [6, 6.07) is 8.73. The molecule has 152 valence electrons. The van der Waals surface area contributed by atoms with Gasteiger partial charge in [-0.2, -0.15) is 31.6 Å². The third-order valence-corrected chi connectivity index (χ3v) is 3.80. The van der Waals surface area contributed by atoms with Crippen LogP contribution in [-0.2, 0) is 12.4 Å². The summed E-state index contributed by atoms with van der Waals surface area (Å²) in [6.07, 6.45) is -6.81. The van der Waals surface area contributed by atoms with Gasteiger partial charge in [0.25, 0.3) is 0 Å². The van der Waals surface area contributed by atoms with Gasteiger partial charge < -0.3 is 11.2 Å². The number of hydrogen-bond acceptors (Lipinski definition) is 4. The molecular weight excluding hydrogens is 398 g/mol. The van der Waals surface area contributed by atoms with E-state index < -0.39 is 23.5 Å². The molecule has 10 heteroatoms. The van der Waals surface area contributed by atoms with Crippen LogP contribution >= 0.6 is 0 Å². The lowest BCUT2D eigenvalue weighted by molar-refractivity contribution is -0.138. The van der Waals surface area contributed by atoms with E-state index in [1.54, 1.807) is 6.07 Å². The van der Waals surface area contributed by atoms with E-state index in [-0.39, 0.29) is 28.1 Å². The molecule has 5 N–H and O–H groups in total. The lowest BCUT2D eigenvalue weighted by atomic mass is 10.0. The Balaban J connectivity index is 2.53. The Morgan fingerprint density at radius 2 is 1.48 bits per heavy atom. The molecule has 0 saturated carbocycles. The first-order valence-electron chi connectivity index (χ1n) is 7.90. The van der Waals surface area contributed by atoms with Crippen molar-refractivity contribution in [3.63, 3.8) is 0 Å². The Morgan fingerprint density at radius 3 is 2.03 bits per heavy atom. The Morgan fingerprint density at radius 1 is 0.897 bits per heavy atom. The van der Waals surface area contributed by atoms with E-state index in [2.05, 4.69) is 0 Å². The van der Waals surface area contributed by atoms with Gasteiger partial charge in [-0.05, 0) is 41.5 Å². The molecule has 0 amide bonds. The Kier molecular flexibility index (Phi) is 6.24. The molecule has 0 heterocycles. The SMILES string of the molecule is N#C/C(NN)=C(/N)c1cc(/C=C/c2cccc(C(F)(F)F)c2)cc(C(F)(F)F)c1. The van der Waals surface area contributed by atoms with Crippen LogP contribution in [0.25, 0.3) is 17.8 Å². The van der Waals surface area contributed by atoms with E-state index in [4.69, 9.17) is 16.8 Å². The van der Waals surface area contributed by atoms with E-state index in [0.29, 0.717) is 0 Å². The molecule has 0 unspecified atom stereocenters. The zero-order valence-corrected chi connectivity index (χ0v) is 14.6. The predicted octanol–water partition coefficient (Wildman–Crippen LogP) is 4.51. The Labute approximate surface area is 161 Å². The van der Waals surface area contributed by atoms with Gasteiger partial charge in [0, 0.05) is 5.56 Å². The van der Waals surface area contributed by atoms with Crippen LogP contribution in [0.1, 0.15) is 27.8 Å². The summed E-state index contributed by atoms with van der Waals surface area (Å²) in [7, 11) is 0. The smallest absolute Gasteiger partial charge is 0.396 e. The van der Waals surface area contributed by atoms with Gasteiger partial charge in [0.05, 0.1) is 16.8 Å². The van der Waals surface area contributed by atoms with Crippen molar-refractivity contribution >= 4 is 17.8 Å². The minimum Gasteiger partial charge on any atom is -0.396 e. The highest BCUT2D eigenvalue weighted by atomic mass is 19.4. The molecule has 4 nitrogen and oxygen atoms in total. The fraction of sp³-hybridized carbons (Fsp3) is 0.105. The van der Waals surface area contributed by atoms with Crippen LogP contribution < -0.4 is 17.0 Å². The van der Waals surface area contributed by atoms with Gasteiger partial charge in [-0.3, -0.25) is 0 Å². The van der Waals surface area contributed by atoms with Gasteiger partial charge in [0.15, 0.2) is 5.70 Å². The van der Waals surface area contributed by atoms with Crippen LogP contribution in [0, 0.1) is 11.3 Å². The fourth-order valence-corrected chi connectivity index (χ4v) is 2.39. The summed E-state index contributed by atoms with van der Waals surface area (Å²) < 4.78 is 78.0. The summed E-state index contributed by atoms with van der Waals surface area (Å²) in [5.41, 5.74) is 5.16. The normalized spacial score (nSPS) is 13.2. The van der Waals surface area contributed by atoms with E-state index in [1.807, 2.05) is 5.43 Å². The van der Waals surface area contributed by atoms with Crippen molar-refractivity contribution in [3.8, 4) is 6.07 Å². The molecule has 0 aromatic heterocycles. The van der Waals surface area contributed by atoms with Crippen molar-refractivity contribution in [2.75, 3.05) is 0 Å². The Bertz CT molecular complexity index is 997. The highest BCUT2D eigenvalue weighted by Gasteiger charge is 2.31. The molecule has 0 aliphatic carbocycles. The van der Waals surface area contributed by atoms with Crippen molar-refractivity contribution in [1.29, 1.82) is 5.26 Å². The van der Waals surface area contributed by atoms with Crippen molar-refractivity contribution in [2.24, 2.45) is 11.6 Å². The molecule has 2 aromatic rings. The van der Waals surface area contributed by atoms with E-state index >= 15 is 0 Å². The van der Waals surface area contributed by atoms with E-state index in [0.717, 1.165) is 24.3 Å². The number of allylic oxidation sites excluding steroid dienone is 1. The number of hydrazine groups is 1. The van der Waals surface area contributed by atoms with Crippen LogP contribution in [0.3, 0.4) is 0 Å². The standard InChI is InChI=1S/C19H14F6N4/c20-18(21,22)14-3-1-2-11(7-14)4-5-12-6-13(17(27)16(10-26)29-28)9-15(8-12)19(23,24)25/h1-9,29H,27-28H2/b5-4+,17-16-. The maximum atomic E-state index is 13.2. The van der Waals surface area contributed by atoms with Crippen molar-refractivity contribution in [3.05, 3.63) is 76.0 Å². The number of nitriles is 1. The number of halogens is 6. The van der Waals surface area contributed by atoms with Gasteiger partial charge in [-0.15, -0.1) is 0 Å². The maximum absolute atomic E-state index is 13.2. The highest BCUT2D eigenvalue weighted by molar-refractivity contribution is 5.75. The number of benzene rings is 2. The molecule has 0 aliphatic heterocycles. The second-order valence-corrected chi connectivity index (χ2v) is 5.84. The van der Waals surface area contributed by atoms with Crippen LogP contribution in [0.4, 0.5) is 26.3 Å². The second-order valence-electron chi connectivity index (χ2n) is 5.84. The molecule has 0 fully saturated rings. The molecule has 0 spiro atoms. The monoisotopic (exact) mass is 412 g/mol. The average Bonchev–Trinajstić information content (AvgIpc) is 2.66. The molecule has 0 atom stereocenters. The average molecular weight is 412 g/mol. The van der Waals surface area contributed by atoms with Gasteiger partial charge in [0.1, 0.15) is 6.07 Å². The van der Waals surface area contributed by atoms with Gasteiger partial charge in [0.2, 0.25) is 0 Å². The summed E-state index contributed by atoms with van der Waals surface area (Å²) in [5, 5.41) is 8.94. The topological polar surface area (TPSA) is 87.9 Å². The number of rotatable bonds is 4. The number of nitrogens with two attached hydrogens (primary N) is 2. The quantitative estimate of drug-likeness (QED) is 0.227. The second kappa shape index (κ2) is 8.28. The third kappa shape index (κ3) is 5.52. The summed E-state index contributed by atoms with van der Waals surface area (Å²) in [6.45, 7) is 0. The molecule has 2 aromatic carbocycles. The van der Waals surface area contributed by atoms with Crippen LogP contribution in [-0.4, -0.2) is 0 Å². The zero-order valence-electron chi connectivity index (χ0n) is 14.6. The number of hydrogen-bond donors (Lipinski definition) is 3. The molecule has 29 heavy (non-hydrogen) atoms.